The number of nitrogens with one attached hydrogen (secondary N) is 2. The van der Waals surface area contributed by atoms with Gasteiger partial charge >= 0.3 is 0 Å². The summed E-state index contributed by atoms with van der Waals surface area (Å²) in [5.41, 5.74) is 2.61. The highest BCUT2D eigenvalue weighted by Gasteiger charge is 2.04. The Bertz CT molecular complexity index is 578. The zero-order valence-corrected chi connectivity index (χ0v) is 11.3. The predicted octanol–water partition coefficient (Wildman–Crippen LogP) is 2.49. The van der Waals surface area contributed by atoms with Gasteiger partial charge in [-0.15, -0.1) is 0 Å². The Kier molecular flexibility index (Phi) is 4.32. The number of imidazole rings is 1. The van der Waals surface area contributed by atoms with E-state index < -0.39 is 0 Å². The van der Waals surface area contributed by atoms with Gasteiger partial charge < -0.3 is 10.3 Å². The van der Waals surface area contributed by atoms with Gasteiger partial charge in [0.2, 0.25) is 0 Å². The Balaban J connectivity index is 2.06. The number of H-pyrrole nitrogens is 1. The lowest BCUT2D eigenvalue weighted by Crippen LogP contribution is -2.25. The van der Waals surface area contributed by atoms with Gasteiger partial charge in [-0.1, -0.05) is 26.0 Å². The molecule has 0 unspecified atom stereocenters. The molecule has 0 amide bonds. The lowest BCUT2D eigenvalue weighted by atomic mass is 10.1. The van der Waals surface area contributed by atoms with Crippen LogP contribution in [0.2, 0.25) is 0 Å². The molecule has 1 aromatic heterocycles. The molecule has 0 aliphatic carbocycles. The third kappa shape index (κ3) is 3.67. The molecule has 0 saturated carbocycles. The Morgan fingerprint density at radius 3 is 3.00 bits per heavy atom. The Hall–Kier alpha value is -2.12. The van der Waals surface area contributed by atoms with Gasteiger partial charge in [-0.05, 0) is 12.1 Å². The third-order valence-electron chi connectivity index (χ3n) is 2.85. The number of aromatic nitrogens is 2. The van der Waals surface area contributed by atoms with Crippen LogP contribution >= 0.6 is 0 Å². The first-order valence-corrected chi connectivity index (χ1v) is 6.47. The summed E-state index contributed by atoms with van der Waals surface area (Å²) in [6.45, 7) is 5.16. The van der Waals surface area contributed by atoms with Crippen molar-refractivity contribution in [2.45, 2.75) is 26.3 Å². The molecule has 0 saturated heterocycles. The minimum atomic E-state index is 0.488. The normalized spacial score (nSPS) is 10.6. The molecule has 0 spiro atoms. The second-order valence-electron chi connectivity index (χ2n) is 4.80. The van der Waals surface area contributed by atoms with E-state index in [9.17, 15) is 0 Å². The van der Waals surface area contributed by atoms with Gasteiger partial charge in [-0.3, -0.25) is 0 Å². The second kappa shape index (κ2) is 6.17. The van der Waals surface area contributed by atoms with E-state index in [0.717, 1.165) is 30.0 Å². The fraction of sp³-hybridized carbons (Fsp3) is 0.333. The molecule has 0 aliphatic rings. The first kappa shape index (κ1) is 13.3. The van der Waals surface area contributed by atoms with Gasteiger partial charge in [0.15, 0.2) is 0 Å². The quantitative estimate of drug-likeness (QED) is 0.861. The Labute approximate surface area is 113 Å². The number of rotatable bonds is 5. The molecule has 2 N–H and O–H groups in total. The van der Waals surface area contributed by atoms with Crippen LogP contribution in [0.5, 0.6) is 0 Å². The van der Waals surface area contributed by atoms with Gasteiger partial charge in [-0.25, -0.2) is 4.98 Å². The van der Waals surface area contributed by atoms with E-state index in [2.05, 4.69) is 35.2 Å². The standard InChI is InChI=1S/C15H18N4/c1-11(2)17-7-6-15-18-10-14(19-15)13-5-3-4-12(8-13)9-16/h3-5,8,10-11,17H,6-7H2,1-2H3,(H,18,19). The molecular weight excluding hydrogens is 236 g/mol. The highest BCUT2D eigenvalue weighted by atomic mass is 14.9. The van der Waals surface area contributed by atoms with Crippen LogP contribution in [0.1, 0.15) is 25.2 Å². The lowest BCUT2D eigenvalue weighted by Gasteiger charge is -2.05. The molecule has 0 atom stereocenters. The SMILES string of the molecule is CC(C)NCCc1ncc(-c2cccc(C#N)c2)[nH]1. The first-order chi connectivity index (χ1) is 9.19. The molecule has 2 rings (SSSR count). The highest BCUT2D eigenvalue weighted by molar-refractivity contribution is 5.60. The van der Waals surface area contributed by atoms with E-state index in [1.54, 1.807) is 6.07 Å². The van der Waals surface area contributed by atoms with Crippen molar-refractivity contribution in [1.82, 2.24) is 15.3 Å². The Morgan fingerprint density at radius 1 is 1.42 bits per heavy atom. The molecule has 19 heavy (non-hydrogen) atoms. The number of hydrogen-bond acceptors (Lipinski definition) is 3. The Morgan fingerprint density at radius 2 is 2.26 bits per heavy atom. The van der Waals surface area contributed by atoms with Gasteiger partial charge in [0, 0.05) is 24.6 Å². The number of hydrogen-bond donors (Lipinski definition) is 2. The van der Waals surface area contributed by atoms with Crippen molar-refractivity contribution < 1.29 is 0 Å². The van der Waals surface area contributed by atoms with Crippen molar-refractivity contribution in [3.63, 3.8) is 0 Å². The van der Waals surface area contributed by atoms with E-state index in [0.29, 0.717) is 11.6 Å². The van der Waals surface area contributed by atoms with Crippen molar-refractivity contribution in [2.75, 3.05) is 6.54 Å². The summed E-state index contributed by atoms with van der Waals surface area (Å²) >= 11 is 0. The topological polar surface area (TPSA) is 64.5 Å². The number of benzene rings is 1. The summed E-state index contributed by atoms with van der Waals surface area (Å²) in [4.78, 5) is 7.66. The molecule has 4 heteroatoms. The van der Waals surface area contributed by atoms with Gasteiger partial charge in [0.05, 0.1) is 23.5 Å². The molecule has 2 aromatic rings. The molecule has 1 heterocycles. The van der Waals surface area contributed by atoms with Crippen LogP contribution in [0, 0.1) is 11.3 Å². The minimum absolute atomic E-state index is 0.488. The zero-order chi connectivity index (χ0) is 13.7. The molecule has 4 nitrogen and oxygen atoms in total. The maximum atomic E-state index is 8.90. The summed E-state index contributed by atoms with van der Waals surface area (Å²) in [6, 6.07) is 10.2. The number of aromatic amines is 1. The van der Waals surface area contributed by atoms with Gasteiger partial charge in [0.1, 0.15) is 5.82 Å². The highest BCUT2D eigenvalue weighted by Crippen LogP contribution is 2.18. The predicted molar refractivity (Wildman–Crippen MR) is 75.6 cm³/mol. The van der Waals surface area contributed by atoms with E-state index in [1.165, 1.54) is 0 Å². The van der Waals surface area contributed by atoms with Crippen LogP contribution in [-0.2, 0) is 6.42 Å². The zero-order valence-electron chi connectivity index (χ0n) is 11.3. The lowest BCUT2D eigenvalue weighted by molar-refractivity contribution is 0.584. The van der Waals surface area contributed by atoms with Crippen molar-refractivity contribution in [2.24, 2.45) is 0 Å². The fourth-order valence-electron chi connectivity index (χ4n) is 1.87. The monoisotopic (exact) mass is 254 g/mol. The number of nitriles is 1. The summed E-state index contributed by atoms with van der Waals surface area (Å²) in [7, 11) is 0. The van der Waals surface area contributed by atoms with Crippen LogP contribution in [0.15, 0.2) is 30.5 Å². The smallest absolute Gasteiger partial charge is 0.107 e. The number of nitrogens with zero attached hydrogens (tertiary/aromatic N) is 2. The summed E-state index contributed by atoms with van der Waals surface area (Å²) < 4.78 is 0. The van der Waals surface area contributed by atoms with Gasteiger partial charge in [0.25, 0.3) is 0 Å². The van der Waals surface area contributed by atoms with Crippen molar-refractivity contribution in [1.29, 1.82) is 5.26 Å². The first-order valence-electron chi connectivity index (χ1n) is 6.47. The van der Waals surface area contributed by atoms with E-state index >= 15 is 0 Å². The van der Waals surface area contributed by atoms with Gasteiger partial charge in [-0.2, -0.15) is 5.26 Å². The molecule has 0 bridgehead atoms. The third-order valence-corrected chi connectivity index (χ3v) is 2.85. The van der Waals surface area contributed by atoms with Crippen LogP contribution in [0.4, 0.5) is 0 Å². The molecule has 98 valence electrons. The average Bonchev–Trinajstić information content (AvgIpc) is 2.87. The van der Waals surface area contributed by atoms with Crippen LogP contribution in [0.3, 0.4) is 0 Å². The second-order valence-corrected chi connectivity index (χ2v) is 4.80. The maximum absolute atomic E-state index is 8.90. The fourth-order valence-corrected chi connectivity index (χ4v) is 1.87. The van der Waals surface area contributed by atoms with Crippen LogP contribution in [0.25, 0.3) is 11.3 Å². The average molecular weight is 254 g/mol. The minimum Gasteiger partial charge on any atom is -0.342 e. The molecule has 0 radical (unpaired) electrons. The summed E-state index contributed by atoms with van der Waals surface area (Å²) in [6.07, 6.45) is 2.69. The van der Waals surface area contributed by atoms with E-state index in [1.807, 2.05) is 24.4 Å². The molecule has 0 fully saturated rings. The van der Waals surface area contributed by atoms with Crippen LogP contribution in [-0.4, -0.2) is 22.6 Å². The van der Waals surface area contributed by atoms with E-state index in [4.69, 9.17) is 5.26 Å². The summed E-state index contributed by atoms with van der Waals surface area (Å²) in [5, 5.41) is 12.3. The molecular formula is C15H18N4. The molecule has 1 aromatic carbocycles. The molecule has 0 aliphatic heterocycles. The van der Waals surface area contributed by atoms with Crippen molar-refractivity contribution in [3.05, 3.63) is 41.9 Å². The van der Waals surface area contributed by atoms with E-state index in [-0.39, 0.29) is 0 Å². The summed E-state index contributed by atoms with van der Waals surface area (Å²) in [5.74, 6) is 0.963. The maximum Gasteiger partial charge on any atom is 0.107 e. The van der Waals surface area contributed by atoms with Crippen molar-refractivity contribution >= 4 is 0 Å². The van der Waals surface area contributed by atoms with Crippen LogP contribution < -0.4 is 5.32 Å². The van der Waals surface area contributed by atoms with Crippen molar-refractivity contribution in [3.8, 4) is 17.3 Å². The largest absolute Gasteiger partial charge is 0.342 e.